The number of hydroxylamine groups is 3. The molecule has 0 aliphatic carbocycles. The Kier molecular flexibility index (Phi) is 11.6. The van der Waals surface area contributed by atoms with Gasteiger partial charge < -0.3 is 9.90 Å². The van der Waals surface area contributed by atoms with Crippen molar-refractivity contribution < 1.29 is 19.8 Å². The van der Waals surface area contributed by atoms with Crippen molar-refractivity contribution in [2.75, 3.05) is 20.6 Å². The molecule has 0 aromatic carbocycles. The van der Waals surface area contributed by atoms with Crippen molar-refractivity contribution in [3.05, 3.63) is 0 Å². The number of hydrogen-bond acceptors (Lipinski definition) is 3. The summed E-state index contributed by atoms with van der Waals surface area (Å²) < 4.78 is 0.0938. The second-order valence-corrected chi connectivity index (χ2v) is 4.91. The molecular formula is C13H29NO3. The second kappa shape index (κ2) is 10.5. The molecular weight excluding hydrogens is 218 g/mol. The van der Waals surface area contributed by atoms with Crippen LogP contribution >= 0.6 is 0 Å². The van der Waals surface area contributed by atoms with E-state index in [1.54, 1.807) is 14.1 Å². The van der Waals surface area contributed by atoms with Gasteiger partial charge in [-0.3, -0.25) is 0 Å². The average molecular weight is 247 g/mol. The zero-order valence-electron chi connectivity index (χ0n) is 12.0. The molecule has 17 heavy (non-hydrogen) atoms. The number of rotatable bonds is 7. The molecule has 0 aliphatic rings. The monoisotopic (exact) mass is 247 g/mol. The van der Waals surface area contributed by atoms with Crippen LogP contribution in [0.5, 0.6) is 0 Å². The molecule has 0 aromatic rings. The summed E-state index contributed by atoms with van der Waals surface area (Å²) in [6.07, 6.45) is 4.55. The minimum atomic E-state index is -0.893. The molecule has 0 radical (unpaired) electrons. The number of unbranched alkanes of at least 4 members (excludes halogenated alkanes) is 1. The molecule has 0 heterocycles. The summed E-state index contributed by atoms with van der Waals surface area (Å²) >= 11 is 0. The molecule has 0 bridgehead atoms. The van der Waals surface area contributed by atoms with Gasteiger partial charge in [0.05, 0.1) is 14.1 Å². The van der Waals surface area contributed by atoms with E-state index in [1.165, 1.54) is 0 Å². The Hall–Kier alpha value is -0.610. The molecule has 1 atom stereocenters. The molecule has 0 aromatic heterocycles. The van der Waals surface area contributed by atoms with E-state index >= 15 is 0 Å². The Bertz CT molecular complexity index is 188. The van der Waals surface area contributed by atoms with Crippen LogP contribution in [0.15, 0.2) is 0 Å². The number of aliphatic carboxylic acids is 1. The Labute approximate surface area is 106 Å². The highest BCUT2D eigenvalue weighted by Crippen LogP contribution is 2.10. The first kappa shape index (κ1) is 18.7. The van der Waals surface area contributed by atoms with Crippen molar-refractivity contribution in [3.63, 3.8) is 0 Å². The van der Waals surface area contributed by atoms with Gasteiger partial charge in [0.15, 0.2) is 0 Å². The lowest BCUT2D eigenvalue weighted by Gasteiger charge is -2.17. The van der Waals surface area contributed by atoms with Crippen LogP contribution in [0, 0.1) is 5.92 Å². The molecule has 0 aliphatic heterocycles. The minimum Gasteiger partial charge on any atom is -0.550 e. The first-order valence-corrected chi connectivity index (χ1v) is 6.55. The van der Waals surface area contributed by atoms with E-state index in [-0.39, 0.29) is 10.6 Å². The lowest BCUT2D eigenvalue weighted by molar-refractivity contribution is -1.07. The Balaban J connectivity index is 0. The Morgan fingerprint density at radius 3 is 1.94 bits per heavy atom. The van der Waals surface area contributed by atoms with Crippen LogP contribution in [-0.2, 0) is 4.79 Å². The largest absolute Gasteiger partial charge is 0.550 e. The van der Waals surface area contributed by atoms with Gasteiger partial charge >= 0.3 is 0 Å². The van der Waals surface area contributed by atoms with Gasteiger partial charge in [0.1, 0.15) is 6.54 Å². The molecule has 0 amide bonds. The van der Waals surface area contributed by atoms with Gasteiger partial charge in [-0.25, -0.2) is 5.21 Å². The normalized spacial score (nSPS) is 12.6. The van der Waals surface area contributed by atoms with Crippen molar-refractivity contribution in [1.29, 1.82) is 0 Å². The predicted molar refractivity (Wildman–Crippen MR) is 67.4 cm³/mol. The summed E-state index contributed by atoms with van der Waals surface area (Å²) in [5, 5.41) is 19.3. The fraction of sp³-hybridized carbons (Fsp3) is 0.923. The number of nitrogens with zero attached hydrogens (tertiary/aromatic N) is 1. The van der Waals surface area contributed by atoms with Crippen molar-refractivity contribution >= 4 is 5.97 Å². The lowest BCUT2D eigenvalue weighted by atomic mass is 10.00. The maximum absolute atomic E-state index is 10.3. The van der Waals surface area contributed by atoms with Crippen LogP contribution < -0.4 is 5.11 Å². The van der Waals surface area contributed by atoms with E-state index in [0.717, 1.165) is 32.2 Å². The van der Waals surface area contributed by atoms with Gasteiger partial charge in [0.25, 0.3) is 0 Å². The fourth-order valence-corrected chi connectivity index (χ4v) is 1.49. The molecule has 0 saturated carbocycles. The van der Waals surface area contributed by atoms with Crippen molar-refractivity contribution in [2.45, 2.75) is 52.9 Å². The summed E-state index contributed by atoms with van der Waals surface area (Å²) in [5.74, 6) is -1.11. The van der Waals surface area contributed by atoms with Crippen molar-refractivity contribution in [2.24, 2.45) is 5.92 Å². The Morgan fingerprint density at radius 2 is 1.76 bits per heavy atom. The zero-order chi connectivity index (χ0) is 13.9. The third-order valence-electron chi connectivity index (χ3n) is 2.50. The van der Waals surface area contributed by atoms with Crippen LogP contribution in [0.2, 0.25) is 0 Å². The fourth-order valence-electron chi connectivity index (χ4n) is 1.49. The third-order valence-corrected chi connectivity index (χ3v) is 2.50. The highest BCUT2D eigenvalue weighted by atomic mass is 16.5. The van der Waals surface area contributed by atoms with Gasteiger partial charge in [0.2, 0.25) is 0 Å². The lowest BCUT2D eigenvalue weighted by Crippen LogP contribution is -2.35. The van der Waals surface area contributed by atoms with E-state index in [0.29, 0.717) is 6.42 Å². The quantitative estimate of drug-likeness (QED) is 0.551. The van der Waals surface area contributed by atoms with Crippen LogP contribution in [0.3, 0.4) is 0 Å². The number of carboxylic acids is 1. The van der Waals surface area contributed by atoms with Gasteiger partial charge in [-0.1, -0.05) is 33.6 Å². The molecule has 4 nitrogen and oxygen atoms in total. The molecule has 0 rings (SSSR count). The topological polar surface area (TPSA) is 60.4 Å². The minimum absolute atomic E-state index is 0.0938. The second-order valence-electron chi connectivity index (χ2n) is 4.91. The predicted octanol–water partition coefficient (Wildman–Crippen LogP) is 1.81. The van der Waals surface area contributed by atoms with Crippen LogP contribution in [0.1, 0.15) is 52.9 Å². The van der Waals surface area contributed by atoms with Gasteiger partial charge in [-0.15, -0.1) is 0 Å². The van der Waals surface area contributed by atoms with Gasteiger partial charge in [-0.05, 0) is 25.2 Å². The molecule has 1 N–H and O–H groups in total. The first-order valence-electron chi connectivity index (χ1n) is 6.55. The van der Waals surface area contributed by atoms with Gasteiger partial charge in [0, 0.05) is 5.97 Å². The number of carbonyl (C=O) groups excluding carboxylic acids is 1. The number of carbonyl (C=O) groups is 1. The smallest absolute Gasteiger partial charge is 0.108 e. The van der Waals surface area contributed by atoms with E-state index in [4.69, 9.17) is 5.21 Å². The zero-order valence-corrected chi connectivity index (χ0v) is 12.0. The van der Waals surface area contributed by atoms with Crippen molar-refractivity contribution in [3.8, 4) is 0 Å². The van der Waals surface area contributed by atoms with Crippen LogP contribution in [0.4, 0.5) is 0 Å². The van der Waals surface area contributed by atoms with E-state index in [2.05, 4.69) is 13.8 Å². The molecule has 0 saturated heterocycles. The molecule has 4 heteroatoms. The molecule has 104 valence electrons. The summed E-state index contributed by atoms with van der Waals surface area (Å²) in [6, 6.07) is 0. The van der Waals surface area contributed by atoms with E-state index in [1.807, 2.05) is 6.92 Å². The summed E-state index contributed by atoms with van der Waals surface area (Å²) in [7, 11) is 3.53. The summed E-state index contributed by atoms with van der Waals surface area (Å²) in [4.78, 5) is 10.3. The maximum atomic E-state index is 10.3. The summed E-state index contributed by atoms with van der Waals surface area (Å²) in [6.45, 7) is 6.83. The van der Waals surface area contributed by atoms with E-state index in [9.17, 15) is 9.90 Å². The Morgan fingerprint density at radius 1 is 1.24 bits per heavy atom. The SMILES string of the molecule is CCCCC(CC)C(=O)[O-].CCC[N+](C)(C)O. The van der Waals surface area contributed by atoms with Crippen LogP contribution in [-0.4, -0.2) is 36.5 Å². The van der Waals surface area contributed by atoms with Crippen LogP contribution in [0.25, 0.3) is 0 Å². The highest BCUT2D eigenvalue weighted by Gasteiger charge is 2.05. The first-order chi connectivity index (χ1) is 7.78. The maximum Gasteiger partial charge on any atom is 0.108 e. The third kappa shape index (κ3) is 15.4. The molecule has 1 unspecified atom stereocenters. The number of quaternary nitrogens is 1. The number of hydrogen-bond donors (Lipinski definition) is 1. The van der Waals surface area contributed by atoms with Gasteiger partial charge in [-0.2, -0.15) is 4.65 Å². The van der Waals surface area contributed by atoms with Crippen molar-refractivity contribution in [1.82, 2.24) is 0 Å². The summed E-state index contributed by atoms with van der Waals surface area (Å²) in [5.41, 5.74) is 0. The standard InChI is InChI=1S/C8H16O2.C5H14NO/c1-3-5-6-7(4-2)8(9)10;1-4-5-6(2,3)7/h7H,3-6H2,1-2H3,(H,9,10);7H,4-5H2,1-3H3/q;+1/p-1. The highest BCUT2D eigenvalue weighted by molar-refractivity contribution is 5.67. The average Bonchev–Trinajstić information content (AvgIpc) is 2.17. The van der Waals surface area contributed by atoms with E-state index < -0.39 is 5.97 Å². The molecule has 0 spiro atoms. The molecule has 0 fully saturated rings. The number of carboxylic acid groups (broad SMARTS) is 1.